The standard InChI is InChI=1S/C21H22N4O4/c1-27-16-8-6-15(7-9-16)20-23-19(29-24-20)14-22-18-5-3-2-4-17(18)21(26)25-10-12-28-13-11-25/h2-9,22H,10-14H2,1H3. The number of benzene rings is 2. The van der Waals surface area contributed by atoms with Crippen molar-refractivity contribution in [3.63, 3.8) is 0 Å². The summed E-state index contributed by atoms with van der Waals surface area (Å²) in [7, 11) is 1.62. The van der Waals surface area contributed by atoms with Gasteiger partial charge in [-0.3, -0.25) is 4.79 Å². The number of amides is 1. The molecule has 0 bridgehead atoms. The van der Waals surface area contributed by atoms with Crippen molar-refractivity contribution in [1.82, 2.24) is 15.0 Å². The van der Waals surface area contributed by atoms with Gasteiger partial charge < -0.3 is 24.2 Å². The molecule has 1 fully saturated rings. The van der Waals surface area contributed by atoms with Gasteiger partial charge in [0.2, 0.25) is 11.7 Å². The molecular formula is C21H22N4O4. The Hall–Kier alpha value is -3.39. The molecule has 1 aromatic heterocycles. The fourth-order valence-electron chi connectivity index (χ4n) is 3.12. The van der Waals surface area contributed by atoms with Crippen LogP contribution in [0.25, 0.3) is 11.4 Å². The van der Waals surface area contributed by atoms with Crippen molar-refractivity contribution in [3.8, 4) is 17.1 Å². The zero-order valence-corrected chi connectivity index (χ0v) is 16.1. The molecule has 0 radical (unpaired) electrons. The van der Waals surface area contributed by atoms with Gasteiger partial charge in [-0.05, 0) is 36.4 Å². The lowest BCUT2D eigenvalue weighted by atomic mass is 10.1. The third-order valence-electron chi connectivity index (χ3n) is 4.70. The summed E-state index contributed by atoms with van der Waals surface area (Å²) < 4.78 is 15.8. The van der Waals surface area contributed by atoms with Gasteiger partial charge in [-0.25, -0.2) is 0 Å². The van der Waals surface area contributed by atoms with E-state index in [-0.39, 0.29) is 5.91 Å². The number of morpholine rings is 1. The first-order chi connectivity index (χ1) is 14.2. The minimum absolute atomic E-state index is 0.0131. The third-order valence-corrected chi connectivity index (χ3v) is 4.70. The molecule has 3 aromatic rings. The van der Waals surface area contributed by atoms with Crippen LogP contribution in [0.4, 0.5) is 5.69 Å². The van der Waals surface area contributed by atoms with Crippen molar-refractivity contribution in [3.05, 3.63) is 60.0 Å². The van der Waals surface area contributed by atoms with Crippen LogP contribution in [-0.2, 0) is 11.3 Å². The maximum atomic E-state index is 12.8. The highest BCUT2D eigenvalue weighted by molar-refractivity contribution is 5.99. The molecule has 4 rings (SSSR count). The molecule has 1 aliphatic rings. The Balaban J connectivity index is 1.44. The zero-order chi connectivity index (χ0) is 20.1. The van der Waals surface area contributed by atoms with Gasteiger partial charge in [0.25, 0.3) is 5.91 Å². The van der Waals surface area contributed by atoms with Crippen LogP contribution in [-0.4, -0.2) is 54.4 Å². The number of aromatic nitrogens is 2. The second kappa shape index (κ2) is 8.74. The van der Waals surface area contributed by atoms with E-state index in [4.69, 9.17) is 14.0 Å². The number of hydrogen-bond acceptors (Lipinski definition) is 7. The largest absolute Gasteiger partial charge is 0.497 e. The molecule has 0 aliphatic carbocycles. The number of carbonyl (C=O) groups is 1. The predicted molar refractivity (Wildman–Crippen MR) is 107 cm³/mol. The molecule has 0 atom stereocenters. The molecule has 1 N–H and O–H groups in total. The molecule has 1 saturated heterocycles. The summed E-state index contributed by atoms with van der Waals surface area (Å²) in [5, 5.41) is 7.27. The quantitative estimate of drug-likeness (QED) is 0.687. The van der Waals surface area contributed by atoms with Crippen LogP contribution < -0.4 is 10.1 Å². The Morgan fingerprint density at radius 2 is 1.90 bits per heavy atom. The molecule has 8 nitrogen and oxygen atoms in total. The molecule has 0 saturated carbocycles. The SMILES string of the molecule is COc1ccc(-c2noc(CNc3ccccc3C(=O)N3CCOCC3)n2)cc1. The van der Waals surface area contributed by atoms with E-state index in [1.165, 1.54) is 0 Å². The molecule has 29 heavy (non-hydrogen) atoms. The van der Waals surface area contributed by atoms with Gasteiger partial charge in [0.15, 0.2) is 0 Å². The monoisotopic (exact) mass is 394 g/mol. The summed E-state index contributed by atoms with van der Waals surface area (Å²) >= 11 is 0. The van der Waals surface area contributed by atoms with Crippen molar-refractivity contribution in [2.75, 3.05) is 38.7 Å². The highest BCUT2D eigenvalue weighted by Gasteiger charge is 2.21. The first-order valence-corrected chi connectivity index (χ1v) is 9.41. The maximum Gasteiger partial charge on any atom is 0.256 e. The first kappa shape index (κ1) is 18.9. The fraction of sp³-hybridized carbons (Fsp3) is 0.286. The molecule has 8 heteroatoms. The van der Waals surface area contributed by atoms with Crippen molar-refractivity contribution < 1.29 is 18.8 Å². The predicted octanol–water partition coefficient (Wildman–Crippen LogP) is 2.83. The Morgan fingerprint density at radius 1 is 1.14 bits per heavy atom. The van der Waals surface area contributed by atoms with Crippen LogP contribution in [0.15, 0.2) is 53.1 Å². The van der Waals surface area contributed by atoms with Crippen LogP contribution in [0.5, 0.6) is 5.75 Å². The lowest BCUT2D eigenvalue weighted by molar-refractivity contribution is 0.0303. The molecule has 2 aromatic carbocycles. The topological polar surface area (TPSA) is 89.7 Å². The van der Waals surface area contributed by atoms with Crippen molar-refractivity contribution in [2.24, 2.45) is 0 Å². The number of hydrogen-bond donors (Lipinski definition) is 1. The van der Waals surface area contributed by atoms with Crippen molar-refractivity contribution >= 4 is 11.6 Å². The second-order valence-electron chi connectivity index (χ2n) is 6.54. The summed E-state index contributed by atoms with van der Waals surface area (Å²) in [6, 6.07) is 14.9. The normalized spacial score (nSPS) is 13.9. The molecule has 1 aliphatic heterocycles. The van der Waals surface area contributed by atoms with Gasteiger partial charge in [-0.1, -0.05) is 17.3 Å². The average Bonchev–Trinajstić information content (AvgIpc) is 3.27. The van der Waals surface area contributed by atoms with Crippen LogP contribution in [0.3, 0.4) is 0 Å². The molecule has 2 heterocycles. The lowest BCUT2D eigenvalue weighted by Gasteiger charge is -2.27. The second-order valence-corrected chi connectivity index (χ2v) is 6.54. The Labute approximate surface area is 168 Å². The van der Waals surface area contributed by atoms with E-state index in [0.717, 1.165) is 17.0 Å². The highest BCUT2D eigenvalue weighted by atomic mass is 16.5. The zero-order valence-electron chi connectivity index (χ0n) is 16.1. The van der Waals surface area contributed by atoms with E-state index in [9.17, 15) is 4.79 Å². The Morgan fingerprint density at radius 3 is 2.66 bits per heavy atom. The van der Waals surface area contributed by atoms with E-state index in [1.807, 2.05) is 48.5 Å². The van der Waals surface area contributed by atoms with Crippen LogP contribution >= 0.6 is 0 Å². The summed E-state index contributed by atoms with van der Waals surface area (Å²) in [4.78, 5) is 19.1. The van der Waals surface area contributed by atoms with Crippen molar-refractivity contribution in [1.29, 1.82) is 0 Å². The summed E-state index contributed by atoms with van der Waals surface area (Å²) in [5.41, 5.74) is 2.18. The van der Waals surface area contributed by atoms with E-state index in [2.05, 4.69) is 15.5 Å². The number of para-hydroxylation sites is 1. The third kappa shape index (κ3) is 4.38. The van der Waals surface area contributed by atoms with Gasteiger partial charge in [-0.2, -0.15) is 4.98 Å². The number of anilines is 1. The maximum absolute atomic E-state index is 12.8. The van der Waals surface area contributed by atoms with Gasteiger partial charge >= 0.3 is 0 Å². The first-order valence-electron chi connectivity index (χ1n) is 9.41. The molecule has 0 unspecified atom stereocenters. The highest BCUT2D eigenvalue weighted by Crippen LogP contribution is 2.21. The van der Waals surface area contributed by atoms with E-state index >= 15 is 0 Å². The Kier molecular flexibility index (Phi) is 5.71. The average molecular weight is 394 g/mol. The molecule has 1 amide bonds. The Bertz CT molecular complexity index is 965. The minimum Gasteiger partial charge on any atom is -0.497 e. The summed E-state index contributed by atoms with van der Waals surface area (Å²) in [5.74, 6) is 1.69. The number of nitrogens with zero attached hydrogens (tertiary/aromatic N) is 3. The molecule has 150 valence electrons. The smallest absolute Gasteiger partial charge is 0.256 e. The van der Waals surface area contributed by atoms with E-state index < -0.39 is 0 Å². The van der Waals surface area contributed by atoms with Crippen molar-refractivity contribution in [2.45, 2.75) is 6.54 Å². The van der Waals surface area contributed by atoms with Gasteiger partial charge in [0.1, 0.15) is 5.75 Å². The number of rotatable bonds is 6. The van der Waals surface area contributed by atoms with Gasteiger partial charge in [-0.15, -0.1) is 0 Å². The number of nitrogens with one attached hydrogen (secondary N) is 1. The van der Waals surface area contributed by atoms with E-state index in [1.54, 1.807) is 12.0 Å². The number of ether oxygens (including phenoxy) is 2. The van der Waals surface area contributed by atoms with E-state index in [0.29, 0.717) is 50.1 Å². The fourth-order valence-corrected chi connectivity index (χ4v) is 3.12. The lowest BCUT2D eigenvalue weighted by Crippen LogP contribution is -2.40. The summed E-state index contributed by atoms with van der Waals surface area (Å²) in [6.45, 7) is 2.65. The van der Waals surface area contributed by atoms with Crippen LogP contribution in [0.1, 0.15) is 16.2 Å². The van der Waals surface area contributed by atoms with Gasteiger partial charge in [0.05, 0.1) is 32.4 Å². The van der Waals surface area contributed by atoms with Crippen LogP contribution in [0.2, 0.25) is 0 Å². The summed E-state index contributed by atoms with van der Waals surface area (Å²) in [6.07, 6.45) is 0. The molecule has 0 spiro atoms. The molecular weight excluding hydrogens is 372 g/mol. The van der Waals surface area contributed by atoms with Crippen LogP contribution in [0, 0.1) is 0 Å². The number of carbonyl (C=O) groups excluding carboxylic acids is 1. The minimum atomic E-state index is -0.0131. The van der Waals surface area contributed by atoms with Gasteiger partial charge in [0, 0.05) is 24.3 Å². The number of methoxy groups -OCH3 is 1.